The molecule has 25 heavy (non-hydrogen) atoms. The van der Waals surface area contributed by atoms with Crippen LogP contribution in [-0.2, 0) is 0 Å². The Hall–Kier alpha value is -2.90. The molecule has 0 amide bonds. The number of halogens is 2. The van der Waals surface area contributed by atoms with Crippen molar-refractivity contribution in [1.29, 1.82) is 0 Å². The third-order valence-corrected chi connectivity index (χ3v) is 4.27. The van der Waals surface area contributed by atoms with E-state index in [1.165, 1.54) is 12.3 Å². The lowest BCUT2D eigenvalue weighted by molar-refractivity contribution is -0.0526. The van der Waals surface area contributed by atoms with E-state index in [1.54, 1.807) is 18.2 Å². The number of hydrogen-bond donors (Lipinski definition) is 2. The number of ether oxygens (including phenoxy) is 2. The van der Waals surface area contributed by atoms with Gasteiger partial charge in [0.25, 0.3) is 5.56 Å². The zero-order chi connectivity index (χ0) is 17.4. The van der Waals surface area contributed by atoms with Crippen LogP contribution >= 0.6 is 0 Å². The van der Waals surface area contributed by atoms with Gasteiger partial charge >= 0.3 is 6.61 Å². The molecule has 1 saturated carbocycles. The second-order valence-electron chi connectivity index (χ2n) is 5.92. The lowest BCUT2D eigenvalue weighted by Gasteiger charge is -2.27. The predicted molar refractivity (Wildman–Crippen MR) is 87.0 cm³/mol. The van der Waals surface area contributed by atoms with E-state index in [0.717, 1.165) is 19.3 Å². The largest absolute Gasteiger partial charge is 0.487 e. The van der Waals surface area contributed by atoms with Crippen LogP contribution in [-0.4, -0.2) is 27.9 Å². The van der Waals surface area contributed by atoms with Crippen molar-refractivity contribution in [3.05, 3.63) is 40.8 Å². The molecule has 0 aliphatic heterocycles. The normalized spacial score (nSPS) is 14.7. The topological polar surface area (TPSA) is 80.0 Å². The fourth-order valence-corrected chi connectivity index (χ4v) is 2.76. The highest BCUT2D eigenvalue weighted by Crippen LogP contribution is 2.37. The van der Waals surface area contributed by atoms with Crippen LogP contribution < -0.4 is 15.0 Å². The van der Waals surface area contributed by atoms with Crippen molar-refractivity contribution in [2.24, 2.45) is 0 Å². The highest BCUT2D eigenvalue weighted by Gasteiger charge is 2.22. The molecule has 1 aliphatic rings. The lowest BCUT2D eigenvalue weighted by atomic mass is 9.96. The molecular weight excluding hydrogens is 332 g/mol. The highest BCUT2D eigenvalue weighted by molar-refractivity contribution is 5.84. The number of aromatic amines is 2. The summed E-state index contributed by atoms with van der Waals surface area (Å²) in [5.74, 6) is 0.273. The van der Waals surface area contributed by atoms with Gasteiger partial charge in [-0.1, -0.05) is 0 Å². The maximum Gasteiger partial charge on any atom is 0.387 e. The van der Waals surface area contributed by atoms with Crippen molar-refractivity contribution >= 4 is 10.9 Å². The fraction of sp³-hybridized carbons (Fsp3) is 0.294. The lowest BCUT2D eigenvalue weighted by Crippen LogP contribution is -2.25. The zero-order valence-corrected chi connectivity index (χ0v) is 13.1. The van der Waals surface area contributed by atoms with Crippen LogP contribution in [0.4, 0.5) is 8.78 Å². The molecule has 0 spiro atoms. The fourth-order valence-electron chi connectivity index (χ4n) is 2.76. The molecule has 4 rings (SSSR count). The molecule has 1 fully saturated rings. The maximum atomic E-state index is 12.6. The summed E-state index contributed by atoms with van der Waals surface area (Å²) in [5, 5.41) is 6.59. The number of nitrogens with zero attached hydrogens (tertiary/aromatic N) is 1. The quantitative estimate of drug-likeness (QED) is 0.741. The van der Waals surface area contributed by atoms with Crippen LogP contribution in [0.25, 0.3) is 22.2 Å². The van der Waals surface area contributed by atoms with Crippen LogP contribution in [0.3, 0.4) is 0 Å². The van der Waals surface area contributed by atoms with E-state index in [9.17, 15) is 13.6 Å². The summed E-state index contributed by atoms with van der Waals surface area (Å²) >= 11 is 0. The summed E-state index contributed by atoms with van der Waals surface area (Å²) < 4.78 is 35.6. The average molecular weight is 347 g/mol. The van der Waals surface area contributed by atoms with E-state index in [-0.39, 0.29) is 23.2 Å². The average Bonchev–Trinajstić information content (AvgIpc) is 2.97. The van der Waals surface area contributed by atoms with Crippen molar-refractivity contribution in [3.8, 4) is 22.8 Å². The Morgan fingerprint density at radius 3 is 2.72 bits per heavy atom. The second-order valence-corrected chi connectivity index (χ2v) is 5.92. The highest BCUT2D eigenvalue weighted by atomic mass is 19.3. The SMILES string of the molecule is O=c1[nH]ncc2[nH]c(-c3ccc(OC(F)F)c(OC4CCC4)c3)cc12. The van der Waals surface area contributed by atoms with Gasteiger partial charge in [0.2, 0.25) is 0 Å². The maximum absolute atomic E-state index is 12.6. The first-order valence-corrected chi connectivity index (χ1v) is 7.92. The van der Waals surface area contributed by atoms with Crippen molar-refractivity contribution in [2.75, 3.05) is 0 Å². The molecule has 1 aromatic carbocycles. The van der Waals surface area contributed by atoms with E-state index >= 15 is 0 Å². The summed E-state index contributed by atoms with van der Waals surface area (Å²) in [5.41, 5.74) is 1.65. The molecule has 3 aromatic rings. The summed E-state index contributed by atoms with van der Waals surface area (Å²) in [6.07, 6.45) is 4.38. The van der Waals surface area contributed by atoms with Gasteiger partial charge < -0.3 is 14.5 Å². The van der Waals surface area contributed by atoms with Gasteiger partial charge in [-0.2, -0.15) is 13.9 Å². The van der Waals surface area contributed by atoms with Crippen molar-refractivity contribution in [2.45, 2.75) is 32.0 Å². The molecule has 0 atom stereocenters. The minimum atomic E-state index is -2.92. The monoisotopic (exact) mass is 347 g/mol. The number of hydrogen-bond acceptors (Lipinski definition) is 4. The van der Waals surface area contributed by atoms with Crippen molar-refractivity contribution < 1.29 is 18.3 Å². The Kier molecular flexibility index (Phi) is 3.87. The van der Waals surface area contributed by atoms with E-state index in [2.05, 4.69) is 19.9 Å². The van der Waals surface area contributed by atoms with E-state index in [4.69, 9.17) is 4.74 Å². The van der Waals surface area contributed by atoms with E-state index in [1.807, 2.05) is 0 Å². The van der Waals surface area contributed by atoms with Gasteiger partial charge in [-0.3, -0.25) is 4.79 Å². The Bertz CT molecular complexity index is 963. The Balaban J connectivity index is 1.74. The van der Waals surface area contributed by atoms with Gasteiger partial charge in [-0.25, -0.2) is 5.10 Å². The summed E-state index contributed by atoms with van der Waals surface area (Å²) in [4.78, 5) is 14.9. The number of benzene rings is 1. The smallest absolute Gasteiger partial charge is 0.387 e. The van der Waals surface area contributed by atoms with Crippen LogP contribution in [0.15, 0.2) is 35.3 Å². The minimum Gasteiger partial charge on any atom is -0.487 e. The molecule has 6 nitrogen and oxygen atoms in total. The van der Waals surface area contributed by atoms with Gasteiger partial charge in [-0.05, 0) is 43.5 Å². The molecule has 0 bridgehead atoms. The first kappa shape index (κ1) is 15.6. The zero-order valence-electron chi connectivity index (χ0n) is 13.1. The molecule has 1 aliphatic carbocycles. The van der Waals surface area contributed by atoms with E-state index in [0.29, 0.717) is 22.2 Å². The number of aromatic nitrogens is 3. The number of nitrogens with one attached hydrogen (secondary N) is 2. The molecule has 0 unspecified atom stereocenters. The number of rotatable bonds is 5. The molecular formula is C17H15F2N3O3. The van der Waals surface area contributed by atoms with Gasteiger partial charge in [0.05, 0.1) is 23.2 Å². The standard InChI is InChI=1S/C17H15F2N3O3/c18-17(19)25-14-5-4-9(6-15(14)24-10-2-1-3-10)12-7-11-13(21-12)8-20-22-16(11)23/h4-8,10,17,21H,1-3H2,(H,22,23). The molecule has 0 saturated heterocycles. The number of H-pyrrole nitrogens is 2. The predicted octanol–water partition coefficient (Wildman–Crippen LogP) is 3.45. The first-order valence-electron chi connectivity index (χ1n) is 7.92. The molecule has 130 valence electrons. The summed E-state index contributed by atoms with van der Waals surface area (Å²) in [6, 6.07) is 6.41. The summed E-state index contributed by atoms with van der Waals surface area (Å²) in [6.45, 7) is -2.92. The van der Waals surface area contributed by atoms with Crippen molar-refractivity contribution in [3.63, 3.8) is 0 Å². The molecule has 2 N–H and O–H groups in total. The Morgan fingerprint density at radius 2 is 2.04 bits per heavy atom. The summed E-state index contributed by atoms with van der Waals surface area (Å²) in [7, 11) is 0. The third kappa shape index (κ3) is 3.07. The van der Waals surface area contributed by atoms with Gasteiger partial charge in [0.15, 0.2) is 11.5 Å². The third-order valence-electron chi connectivity index (χ3n) is 4.27. The van der Waals surface area contributed by atoms with Crippen molar-refractivity contribution in [1.82, 2.24) is 15.2 Å². The molecule has 8 heteroatoms. The Morgan fingerprint density at radius 1 is 1.20 bits per heavy atom. The molecule has 0 radical (unpaired) electrons. The van der Waals surface area contributed by atoms with Crippen LogP contribution in [0.5, 0.6) is 11.5 Å². The molecule has 2 aromatic heterocycles. The second kappa shape index (κ2) is 6.19. The molecule has 2 heterocycles. The number of alkyl halides is 2. The first-order chi connectivity index (χ1) is 12.1. The van der Waals surface area contributed by atoms with Crippen LogP contribution in [0.1, 0.15) is 19.3 Å². The van der Waals surface area contributed by atoms with Crippen LogP contribution in [0.2, 0.25) is 0 Å². The van der Waals surface area contributed by atoms with Crippen LogP contribution in [0, 0.1) is 0 Å². The van der Waals surface area contributed by atoms with Gasteiger partial charge in [0, 0.05) is 11.3 Å². The Labute approximate surface area is 140 Å². The van der Waals surface area contributed by atoms with Gasteiger partial charge in [0.1, 0.15) is 0 Å². The minimum absolute atomic E-state index is 0.00118. The van der Waals surface area contributed by atoms with Gasteiger partial charge in [-0.15, -0.1) is 0 Å². The number of fused-ring (bicyclic) bond motifs is 1. The van der Waals surface area contributed by atoms with E-state index < -0.39 is 6.61 Å².